The Hall–Kier alpha value is -2.63. The fraction of sp³-hybridized carbons (Fsp3) is 0.214. The summed E-state index contributed by atoms with van der Waals surface area (Å²) in [6, 6.07) is 1.16. The summed E-state index contributed by atoms with van der Waals surface area (Å²) in [6.45, 7) is 6.33. The van der Waals surface area contributed by atoms with Gasteiger partial charge in [-0.3, -0.25) is 0 Å². The minimum Gasteiger partial charge on any atom is -0.478 e. The molecule has 0 bridgehead atoms. The maximum absolute atomic E-state index is 11.3. The van der Waals surface area contributed by atoms with Gasteiger partial charge in [0.1, 0.15) is 5.75 Å². The number of carboxylic acid groups (broad SMARTS) is 2. The lowest BCUT2D eigenvalue weighted by Gasteiger charge is -2.15. The largest absolute Gasteiger partial charge is 0.478 e. The molecule has 0 amide bonds. The SMILES string of the molecule is C=CC(=O)Oc1cc(C(=O)O)c(C)c(C(=O)O)c1CC. The quantitative estimate of drug-likeness (QED) is 0.485. The molecule has 0 aliphatic carbocycles. The van der Waals surface area contributed by atoms with Gasteiger partial charge in [0, 0.05) is 11.6 Å². The average molecular weight is 278 g/mol. The predicted molar refractivity (Wildman–Crippen MR) is 70.3 cm³/mol. The van der Waals surface area contributed by atoms with Crippen molar-refractivity contribution in [1.29, 1.82) is 0 Å². The molecule has 0 heterocycles. The molecular formula is C14H14O6. The molecule has 0 fully saturated rings. The van der Waals surface area contributed by atoms with E-state index in [4.69, 9.17) is 9.84 Å². The Morgan fingerprint density at radius 3 is 2.30 bits per heavy atom. The highest BCUT2D eigenvalue weighted by molar-refractivity contribution is 5.99. The van der Waals surface area contributed by atoms with Crippen LogP contribution in [0.5, 0.6) is 5.75 Å². The van der Waals surface area contributed by atoms with E-state index in [-0.39, 0.29) is 34.4 Å². The van der Waals surface area contributed by atoms with Crippen LogP contribution in [-0.2, 0) is 11.2 Å². The minimum absolute atomic E-state index is 0.0715. The first-order valence-electron chi connectivity index (χ1n) is 5.80. The Labute approximate surface area is 115 Å². The summed E-state index contributed by atoms with van der Waals surface area (Å²) in [6.07, 6.45) is 1.20. The molecule has 1 aromatic carbocycles. The van der Waals surface area contributed by atoms with Gasteiger partial charge in [-0.15, -0.1) is 0 Å². The molecule has 6 nitrogen and oxygen atoms in total. The molecule has 20 heavy (non-hydrogen) atoms. The van der Waals surface area contributed by atoms with Crippen LogP contribution in [0.15, 0.2) is 18.7 Å². The number of carbonyl (C=O) groups is 3. The highest BCUT2D eigenvalue weighted by Gasteiger charge is 2.23. The van der Waals surface area contributed by atoms with Crippen molar-refractivity contribution in [2.75, 3.05) is 0 Å². The molecule has 106 valence electrons. The van der Waals surface area contributed by atoms with Gasteiger partial charge in [-0.2, -0.15) is 0 Å². The molecule has 0 saturated carbocycles. The van der Waals surface area contributed by atoms with Crippen molar-refractivity contribution in [3.63, 3.8) is 0 Å². The second kappa shape index (κ2) is 6.01. The van der Waals surface area contributed by atoms with Crippen LogP contribution in [0.2, 0.25) is 0 Å². The first-order chi connectivity index (χ1) is 9.33. The number of rotatable bonds is 5. The minimum atomic E-state index is -1.29. The second-order valence-electron chi connectivity index (χ2n) is 3.99. The standard InChI is InChI=1S/C14H14O6/c1-4-8-10(20-11(15)5-2)6-9(13(16)17)7(3)12(8)14(18)19/h5-6H,2,4H2,1,3H3,(H,16,17)(H,18,19). The zero-order valence-electron chi connectivity index (χ0n) is 11.1. The van der Waals surface area contributed by atoms with Gasteiger partial charge in [-0.05, 0) is 25.0 Å². The van der Waals surface area contributed by atoms with Crippen molar-refractivity contribution >= 4 is 17.9 Å². The van der Waals surface area contributed by atoms with Gasteiger partial charge in [0.25, 0.3) is 0 Å². The Morgan fingerprint density at radius 1 is 1.30 bits per heavy atom. The summed E-state index contributed by atoms with van der Waals surface area (Å²) in [5.41, 5.74) is 0.0289. The molecule has 6 heteroatoms. The fourth-order valence-corrected chi connectivity index (χ4v) is 1.91. The summed E-state index contributed by atoms with van der Waals surface area (Å²) in [4.78, 5) is 33.7. The van der Waals surface area contributed by atoms with Gasteiger partial charge in [0.05, 0.1) is 11.1 Å². The van der Waals surface area contributed by atoms with Gasteiger partial charge in [0.15, 0.2) is 0 Å². The van der Waals surface area contributed by atoms with E-state index in [1.165, 1.54) is 6.92 Å². The Bertz CT molecular complexity index is 600. The fourth-order valence-electron chi connectivity index (χ4n) is 1.91. The third-order valence-electron chi connectivity index (χ3n) is 2.83. The molecule has 0 radical (unpaired) electrons. The Balaban J connectivity index is 3.65. The van der Waals surface area contributed by atoms with E-state index >= 15 is 0 Å². The number of ether oxygens (including phenoxy) is 1. The summed E-state index contributed by atoms with van der Waals surface area (Å²) in [5, 5.41) is 18.3. The highest BCUT2D eigenvalue weighted by atomic mass is 16.5. The number of benzene rings is 1. The normalized spacial score (nSPS) is 9.90. The highest BCUT2D eigenvalue weighted by Crippen LogP contribution is 2.30. The van der Waals surface area contributed by atoms with Crippen LogP contribution in [0.3, 0.4) is 0 Å². The van der Waals surface area contributed by atoms with E-state index in [2.05, 4.69) is 6.58 Å². The zero-order valence-corrected chi connectivity index (χ0v) is 11.1. The average Bonchev–Trinajstić information content (AvgIpc) is 2.38. The van der Waals surface area contributed by atoms with Gasteiger partial charge in [0.2, 0.25) is 0 Å². The number of hydrogen-bond donors (Lipinski definition) is 2. The first-order valence-corrected chi connectivity index (χ1v) is 5.80. The number of aromatic carboxylic acids is 2. The third-order valence-corrected chi connectivity index (χ3v) is 2.83. The smallest absolute Gasteiger partial charge is 0.336 e. The maximum Gasteiger partial charge on any atom is 0.336 e. The van der Waals surface area contributed by atoms with Gasteiger partial charge >= 0.3 is 17.9 Å². The van der Waals surface area contributed by atoms with Crippen LogP contribution >= 0.6 is 0 Å². The molecule has 0 aromatic heterocycles. The van der Waals surface area contributed by atoms with Crippen molar-refractivity contribution < 1.29 is 29.3 Å². The van der Waals surface area contributed by atoms with E-state index in [0.29, 0.717) is 0 Å². The third kappa shape index (κ3) is 2.85. The Morgan fingerprint density at radius 2 is 1.90 bits per heavy atom. The van der Waals surface area contributed by atoms with Crippen LogP contribution in [0.4, 0.5) is 0 Å². The predicted octanol–water partition coefficient (Wildman–Crippen LogP) is 2.05. The summed E-state index contributed by atoms with van der Waals surface area (Å²) in [7, 11) is 0. The van der Waals surface area contributed by atoms with Crippen molar-refractivity contribution in [3.8, 4) is 5.75 Å². The van der Waals surface area contributed by atoms with E-state index in [9.17, 15) is 19.5 Å². The molecule has 0 spiro atoms. The van der Waals surface area contributed by atoms with Crippen LogP contribution in [-0.4, -0.2) is 28.1 Å². The molecule has 0 aliphatic heterocycles. The molecule has 2 N–H and O–H groups in total. The summed E-state index contributed by atoms with van der Waals surface area (Å²) in [5.74, 6) is -3.41. The molecule has 0 unspecified atom stereocenters. The van der Waals surface area contributed by atoms with Crippen LogP contribution in [0.25, 0.3) is 0 Å². The topological polar surface area (TPSA) is 101 Å². The number of carbonyl (C=O) groups excluding carboxylic acids is 1. The van der Waals surface area contributed by atoms with Gasteiger partial charge in [-0.25, -0.2) is 14.4 Å². The zero-order chi connectivity index (χ0) is 15.4. The summed E-state index contributed by atoms with van der Waals surface area (Å²) < 4.78 is 4.94. The lowest BCUT2D eigenvalue weighted by molar-refractivity contribution is -0.129. The monoisotopic (exact) mass is 278 g/mol. The Kier molecular flexibility index (Phi) is 4.63. The van der Waals surface area contributed by atoms with Crippen molar-refractivity contribution in [2.24, 2.45) is 0 Å². The molecule has 0 atom stereocenters. The second-order valence-corrected chi connectivity index (χ2v) is 3.99. The van der Waals surface area contributed by atoms with E-state index in [1.54, 1.807) is 6.92 Å². The lowest BCUT2D eigenvalue weighted by Crippen LogP contribution is -2.14. The van der Waals surface area contributed by atoms with Crippen LogP contribution in [0, 0.1) is 6.92 Å². The first kappa shape index (κ1) is 15.4. The molecule has 0 saturated heterocycles. The number of hydrogen-bond acceptors (Lipinski definition) is 4. The molecular weight excluding hydrogens is 264 g/mol. The number of carboxylic acids is 2. The molecule has 0 aliphatic rings. The van der Waals surface area contributed by atoms with E-state index in [1.807, 2.05) is 0 Å². The van der Waals surface area contributed by atoms with E-state index < -0.39 is 17.9 Å². The van der Waals surface area contributed by atoms with Gasteiger partial charge in [-0.1, -0.05) is 13.5 Å². The van der Waals surface area contributed by atoms with Crippen LogP contribution < -0.4 is 4.74 Å². The lowest BCUT2D eigenvalue weighted by atomic mass is 9.94. The van der Waals surface area contributed by atoms with Crippen molar-refractivity contribution in [2.45, 2.75) is 20.3 Å². The molecule has 1 aromatic rings. The molecule has 1 rings (SSSR count). The summed E-state index contributed by atoms with van der Waals surface area (Å²) >= 11 is 0. The maximum atomic E-state index is 11.3. The van der Waals surface area contributed by atoms with Crippen molar-refractivity contribution in [3.05, 3.63) is 41.0 Å². The van der Waals surface area contributed by atoms with E-state index in [0.717, 1.165) is 12.1 Å². The van der Waals surface area contributed by atoms with Gasteiger partial charge < -0.3 is 14.9 Å². The van der Waals surface area contributed by atoms with Crippen molar-refractivity contribution in [1.82, 2.24) is 0 Å². The van der Waals surface area contributed by atoms with Crippen LogP contribution in [0.1, 0.15) is 38.8 Å². The number of esters is 1.